The SMILES string of the molecule is C[C@@H](OC(=O)Nc1ccc(-c2c(C#N)c3cc(OC4COCOC4)ccc3n2C2CCC2)cc1)c1ccc(C(F)(F)F)cc1. The highest BCUT2D eigenvalue weighted by atomic mass is 19.4. The molecule has 44 heavy (non-hydrogen) atoms. The minimum absolute atomic E-state index is 0.232. The van der Waals surface area contributed by atoms with E-state index in [0.717, 1.165) is 53.6 Å². The highest BCUT2D eigenvalue weighted by Crippen LogP contribution is 2.43. The lowest BCUT2D eigenvalue weighted by Gasteiger charge is -2.30. The molecule has 3 aromatic carbocycles. The fourth-order valence-electron chi connectivity index (χ4n) is 5.55. The third-order valence-electron chi connectivity index (χ3n) is 8.00. The summed E-state index contributed by atoms with van der Waals surface area (Å²) in [7, 11) is 0. The monoisotopic (exact) mass is 605 g/mol. The lowest BCUT2D eigenvalue weighted by molar-refractivity contribution is -0.143. The number of nitrogens with one attached hydrogen (secondary N) is 1. The molecule has 0 spiro atoms. The number of hydrogen-bond donors (Lipinski definition) is 1. The number of alkyl halides is 3. The molecule has 6 rings (SSSR count). The smallest absolute Gasteiger partial charge is 0.416 e. The Kier molecular flexibility index (Phi) is 8.21. The highest BCUT2D eigenvalue weighted by Gasteiger charge is 2.31. The number of carbonyl (C=O) groups is 1. The summed E-state index contributed by atoms with van der Waals surface area (Å²) in [6.07, 6.45) is -3.04. The van der Waals surface area contributed by atoms with Crippen molar-refractivity contribution in [3.8, 4) is 23.1 Å². The van der Waals surface area contributed by atoms with Crippen molar-refractivity contribution in [1.29, 1.82) is 5.26 Å². The molecule has 1 aliphatic heterocycles. The van der Waals surface area contributed by atoms with Crippen molar-refractivity contribution in [3.63, 3.8) is 0 Å². The number of benzene rings is 3. The molecule has 0 bridgehead atoms. The van der Waals surface area contributed by atoms with Crippen molar-refractivity contribution >= 4 is 22.7 Å². The third-order valence-corrected chi connectivity index (χ3v) is 8.00. The first-order valence-corrected chi connectivity index (χ1v) is 14.4. The average molecular weight is 606 g/mol. The number of aromatic nitrogens is 1. The number of nitriles is 1. The minimum Gasteiger partial charge on any atom is -0.486 e. The van der Waals surface area contributed by atoms with Crippen LogP contribution in [0.4, 0.5) is 23.7 Å². The van der Waals surface area contributed by atoms with Gasteiger partial charge in [-0.15, -0.1) is 0 Å². The number of anilines is 1. The lowest BCUT2D eigenvalue weighted by atomic mass is 9.92. The lowest BCUT2D eigenvalue weighted by Crippen LogP contribution is -2.33. The summed E-state index contributed by atoms with van der Waals surface area (Å²) in [5.41, 5.74) is 3.25. The molecule has 1 amide bonds. The molecule has 2 heterocycles. The highest BCUT2D eigenvalue weighted by molar-refractivity contribution is 5.96. The fourth-order valence-corrected chi connectivity index (χ4v) is 5.55. The van der Waals surface area contributed by atoms with Gasteiger partial charge in [-0.05, 0) is 79.8 Å². The number of nitrogens with zero attached hydrogens (tertiary/aromatic N) is 2. The summed E-state index contributed by atoms with van der Waals surface area (Å²) in [5.74, 6) is 0.633. The number of rotatable bonds is 7. The van der Waals surface area contributed by atoms with Gasteiger partial charge in [0.25, 0.3) is 0 Å². The topological polar surface area (TPSA) is 94.7 Å². The van der Waals surface area contributed by atoms with Crippen LogP contribution in [0.5, 0.6) is 5.75 Å². The molecule has 1 aliphatic carbocycles. The molecule has 1 saturated carbocycles. The Labute approximate surface area is 251 Å². The van der Waals surface area contributed by atoms with Crippen LogP contribution in [0.25, 0.3) is 22.2 Å². The molecule has 2 aliphatic rings. The molecular weight excluding hydrogens is 575 g/mol. The standard InChI is InChI=1S/C33H30F3N3O5/c1-20(21-5-9-23(10-6-21)33(34,35)36)43-32(40)38-24-11-7-22(8-12-24)31-29(16-37)28-15-26(44-27-17-41-19-42-18-27)13-14-30(28)39(31)25-3-2-4-25/h5-15,20,25,27H,2-4,17-19H2,1H3,(H,38,40)/t20-/m1/s1. The van der Waals surface area contributed by atoms with E-state index in [9.17, 15) is 23.2 Å². The van der Waals surface area contributed by atoms with E-state index in [4.69, 9.17) is 18.9 Å². The molecule has 1 saturated heterocycles. The minimum atomic E-state index is -4.44. The predicted molar refractivity (Wildman–Crippen MR) is 156 cm³/mol. The molecule has 0 radical (unpaired) electrons. The van der Waals surface area contributed by atoms with Gasteiger partial charge in [-0.25, -0.2) is 4.79 Å². The maximum Gasteiger partial charge on any atom is 0.416 e. The van der Waals surface area contributed by atoms with E-state index >= 15 is 0 Å². The molecule has 1 N–H and O–H groups in total. The van der Waals surface area contributed by atoms with Crippen LogP contribution in [0, 0.1) is 11.3 Å². The predicted octanol–water partition coefficient (Wildman–Crippen LogP) is 7.99. The second-order valence-electron chi connectivity index (χ2n) is 10.9. The van der Waals surface area contributed by atoms with Crippen LogP contribution < -0.4 is 10.1 Å². The Morgan fingerprint density at radius 1 is 1.05 bits per heavy atom. The third kappa shape index (κ3) is 6.09. The van der Waals surface area contributed by atoms with Gasteiger partial charge in [0.15, 0.2) is 0 Å². The maximum atomic E-state index is 12.9. The average Bonchev–Trinajstić information content (AvgIpc) is 3.29. The summed E-state index contributed by atoms with van der Waals surface area (Å²) < 4.78 is 62.9. The zero-order valence-electron chi connectivity index (χ0n) is 23.9. The summed E-state index contributed by atoms with van der Waals surface area (Å²) >= 11 is 0. The Hall–Kier alpha value is -4.53. The van der Waals surface area contributed by atoms with Crippen LogP contribution in [0.2, 0.25) is 0 Å². The van der Waals surface area contributed by atoms with Gasteiger partial charge in [0.1, 0.15) is 30.8 Å². The molecule has 4 aromatic rings. The second-order valence-corrected chi connectivity index (χ2v) is 10.9. The van der Waals surface area contributed by atoms with Gasteiger partial charge < -0.3 is 23.5 Å². The first-order valence-electron chi connectivity index (χ1n) is 14.4. The van der Waals surface area contributed by atoms with Crippen LogP contribution in [0.15, 0.2) is 66.7 Å². The van der Waals surface area contributed by atoms with Crippen molar-refractivity contribution in [2.45, 2.75) is 50.6 Å². The van der Waals surface area contributed by atoms with E-state index in [2.05, 4.69) is 16.0 Å². The summed E-state index contributed by atoms with van der Waals surface area (Å²) in [6, 6.07) is 20.1. The number of carbonyl (C=O) groups excluding carboxylic acids is 1. The molecule has 2 fully saturated rings. The van der Waals surface area contributed by atoms with E-state index in [0.29, 0.717) is 35.8 Å². The molecule has 1 atom stereocenters. The zero-order chi connectivity index (χ0) is 30.8. The van der Waals surface area contributed by atoms with Crippen LogP contribution in [-0.2, 0) is 20.4 Å². The van der Waals surface area contributed by atoms with Crippen LogP contribution >= 0.6 is 0 Å². The van der Waals surface area contributed by atoms with Gasteiger partial charge in [0.05, 0.1) is 35.6 Å². The molecular formula is C33H30F3N3O5. The van der Waals surface area contributed by atoms with Crippen molar-refractivity contribution in [2.75, 3.05) is 25.3 Å². The number of amides is 1. The first-order chi connectivity index (χ1) is 21.2. The normalized spacial score (nSPS) is 16.6. The van der Waals surface area contributed by atoms with Gasteiger partial charge in [0, 0.05) is 17.1 Å². The van der Waals surface area contributed by atoms with Crippen LogP contribution in [0.1, 0.15) is 55.0 Å². The van der Waals surface area contributed by atoms with E-state index in [-0.39, 0.29) is 18.9 Å². The summed E-state index contributed by atoms with van der Waals surface area (Å²) in [5, 5.41) is 13.8. The van der Waals surface area contributed by atoms with Crippen molar-refractivity contribution in [2.24, 2.45) is 0 Å². The molecule has 1 aromatic heterocycles. The number of halogens is 3. The van der Waals surface area contributed by atoms with Crippen molar-refractivity contribution in [1.82, 2.24) is 4.57 Å². The second kappa shape index (κ2) is 12.2. The maximum absolute atomic E-state index is 12.9. The summed E-state index contributed by atoms with van der Waals surface area (Å²) in [4.78, 5) is 12.6. The Balaban J connectivity index is 1.21. The van der Waals surface area contributed by atoms with Crippen molar-refractivity contribution in [3.05, 3.63) is 83.4 Å². The van der Waals surface area contributed by atoms with Crippen LogP contribution in [0.3, 0.4) is 0 Å². The molecule has 228 valence electrons. The zero-order valence-corrected chi connectivity index (χ0v) is 23.9. The largest absolute Gasteiger partial charge is 0.486 e. The van der Waals surface area contributed by atoms with Gasteiger partial charge >= 0.3 is 12.3 Å². The Bertz CT molecular complexity index is 1680. The van der Waals surface area contributed by atoms with E-state index in [1.165, 1.54) is 12.1 Å². The molecule has 8 nitrogen and oxygen atoms in total. The van der Waals surface area contributed by atoms with E-state index in [1.807, 2.05) is 30.3 Å². The number of fused-ring (bicyclic) bond motifs is 1. The van der Waals surface area contributed by atoms with Crippen molar-refractivity contribution < 1.29 is 36.9 Å². The number of ether oxygens (including phenoxy) is 4. The van der Waals surface area contributed by atoms with Gasteiger partial charge in [-0.2, -0.15) is 18.4 Å². The Morgan fingerprint density at radius 3 is 2.36 bits per heavy atom. The van der Waals surface area contributed by atoms with E-state index in [1.54, 1.807) is 19.1 Å². The first kappa shape index (κ1) is 29.5. The van der Waals surface area contributed by atoms with Gasteiger partial charge in [0.2, 0.25) is 0 Å². The molecule has 0 unspecified atom stereocenters. The van der Waals surface area contributed by atoms with E-state index < -0.39 is 23.9 Å². The number of hydrogen-bond acceptors (Lipinski definition) is 6. The Morgan fingerprint density at radius 2 is 1.75 bits per heavy atom. The quantitative estimate of drug-likeness (QED) is 0.230. The summed E-state index contributed by atoms with van der Waals surface area (Å²) in [6.45, 7) is 2.70. The van der Waals surface area contributed by atoms with Gasteiger partial charge in [-0.3, -0.25) is 5.32 Å². The van der Waals surface area contributed by atoms with Gasteiger partial charge in [-0.1, -0.05) is 24.3 Å². The fraction of sp³-hybridized carbons (Fsp3) is 0.333. The molecule has 11 heteroatoms. The van der Waals surface area contributed by atoms with Crippen LogP contribution in [-0.4, -0.2) is 36.8 Å².